The van der Waals surface area contributed by atoms with Gasteiger partial charge in [0.15, 0.2) is 0 Å². The van der Waals surface area contributed by atoms with Crippen molar-refractivity contribution in [1.82, 2.24) is 0 Å². The predicted molar refractivity (Wildman–Crippen MR) is 66.3 cm³/mol. The van der Waals surface area contributed by atoms with E-state index in [0.29, 0.717) is 5.23 Å². The molecule has 4 heteroatoms. The third-order valence-electron chi connectivity index (χ3n) is 1.40. The largest absolute Gasteiger partial charge is 0.476 e. The molecule has 0 aliphatic heterocycles. The number of hydrogen-bond donors (Lipinski definition) is 0. The molecule has 0 fully saturated rings. The maximum absolute atomic E-state index is 5.15. The molecule has 0 aromatic heterocycles. The number of ether oxygens (including phenoxy) is 1. The molecule has 1 aromatic rings. The van der Waals surface area contributed by atoms with Gasteiger partial charge in [-0.1, -0.05) is 35.9 Å². The van der Waals surface area contributed by atoms with Crippen molar-refractivity contribution in [2.24, 2.45) is 4.99 Å². The summed E-state index contributed by atoms with van der Waals surface area (Å²) in [6.07, 6.45) is 0. The number of para-hydroxylation sites is 1. The van der Waals surface area contributed by atoms with E-state index in [1.807, 2.05) is 30.3 Å². The Labute approximate surface area is 92.5 Å². The molecule has 0 N–H and O–H groups in total. The molecular weight excluding hydrogens is 214 g/mol. The van der Waals surface area contributed by atoms with Gasteiger partial charge < -0.3 is 4.74 Å². The fraction of sp³-hybridized carbons (Fsp3) is 0.300. The van der Waals surface area contributed by atoms with Gasteiger partial charge in [0.1, 0.15) is 0 Å². The minimum Gasteiger partial charge on any atom is -0.476 e. The zero-order chi connectivity index (χ0) is 10.2. The summed E-state index contributed by atoms with van der Waals surface area (Å²) >= 11 is 0. The van der Waals surface area contributed by atoms with Crippen LogP contribution < -0.4 is 0 Å². The molecule has 0 heterocycles. The van der Waals surface area contributed by atoms with Crippen LogP contribution in [0, 0.1) is 0 Å². The third kappa shape index (κ3) is 4.07. The van der Waals surface area contributed by atoms with Gasteiger partial charge in [-0.25, -0.2) is 4.99 Å². The normalized spacial score (nSPS) is 11.4. The summed E-state index contributed by atoms with van der Waals surface area (Å²) in [6, 6.07) is 9.80. The third-order valence-corrected chi connectivity index (χ3v) is 3.64. The first-order valence-electron chi connectivity index (χ1n) is 4.34. The van der Waals surface area contributed by atoms with Crippen LogP contribution in [0.5, 0.6) is 0 Å². The highest BCUT2D eigenvalue weighted by molar-refractivity contribution is 8.82. The van der Waals surface area contributed by atoms with Crippen LogP contribution >= 0.6 is 21.6 Å². The highest BCUT2D eigenvalue weighted by Crippen LogP contribution is 2.25. The molecule has 0 atom stereocenters. The van der Waals surface area contributed by atoms with Crippen molar-refractivity contribution in [1.29, 1.82) is 0 Å². The van der Waals surface area contributed by atoms with Crippen LogP contribution in [0.15, 0.2) is 35.3 Å². The van der Waals surface area contributed by atoms with Gasteiger partial charge in [-0.3, -0.25) is 0 Å². The summed E-state index contributed by atoms with van der Waals surface area (Å²) < 4.78 is 5.15. The Balaban J connectivity index is 2.64. The second-order valence-electron chi connectivity index (χ2n) is 2.41. The van der Waals surface area contributed by atoms with E-state index >= 15 is 0 Å². The first kappa shape index (κ1) is 11.5. The summed E-state index contributed by atoms with van der Waals surface area (Å²) in [5.41, 5.74) is 0.925. The molecule has 1 rings (SSSR count). The van der Waals surface area contributed by atoms with E-state index in [1.54, 1.807) is 28.7 Å². The lowest BCUT2D eigenvalue weighted by Crippen LogP contribution is -1.91. The van der Waals surface area contributed by atoms with Crippen LogP contribution in [0.25, 0.3) is 0 Å². The average Bonchev–Trinajstić information content (AvgIpc) is 2.25. The first-order valence-corrected chi connectivity index (χ1v) is 6.66. The Morgan fingerprint density at radius 1 is 1.36 bits per heavy atom. The lowest BCUT2D eigenvalue weighted by atomic mass is 10.3. The quantitative estimate of drug-likeness (QED) is 0.446. The highest BCUT2D eigenvalue weighted by atomic mass is 33.1. The molecule has 0 spiro atoms. The summed E-state index contributed by atoms with van der Waals surface area (Å²) in [5.74, 6) is 1.04. The van der Waals surface area contributed by atoms with Gasteiger partial charge in [0.2, 0.25) is 0 Å². The smallest absolute Gasteiger partial charge is 0.261 e. The van der Waals surface area contributed by atoms with Crippen LogP contribution in [-0.4, -0.2) is 18.1 Å². The number of nitrogens with zero attached hydrogens (tertiary/aromatic N) is 1. The minimum absolute atomic E-state index is 0.697. The molecule has 14 heavy (non-hydrogen) atoms. The average molecular weight is 227 g/mol. The number of methoxy groups -OCH3 is 1. The van der Waals surface area contributed by atoms with Crippen molar-refractivity contribution in [3.05, 3.63) is 30.3 Å². The van der Waals surface area contributed by atoms with E-state index in [4.69, 9.17) is 4.74 Å². The van der Waals surface area contributed by atoms with E-state index in [9.17, 15) is 0 Å². The SMILES string of the molecule is CCSS/C(=N/c1ccccc1)OC. The molecule has 0 unspecified atom stereocenters. The second-order valence-corrected chi connectivity index (χ2v) is 4.94. The van der Waals surface area contributed by atoms with Gasteiger partial charge in [-0.05, 0) is 12.1 Å². The van der Waals surface area contributed by atoms with E-state index in [2.05, 4.69) is 11.9 Å². The van der Waals surface area contributed by atoms with Gasteiger partial charge in [-0.2, -0.15) is 0 Å². The van der Waals surface area contributed by atoms with Crippen molar-refractivity contribution >= 4 is 32.5 Å². The predicted octanol–water partition coefficient (Wildman–Crippen LogP) is 3.72. The van der Waals surface area contributed by atoms with Crippen molar-refractivity contribution in [2.45, 2.75) is 6.92 Å². The first-order chi connectivity index (χ1) is 6.86. The maximum atomic E-state index is 5.15. The topological polar surface area (TPSA) is 21.6 Å². The maximum Gasteiger partial charge on any atom is 0.261 e. The molecule has 2 nitrogen and oxygen atoms in total. The Morgan fingerprint density at radius 3 is 2.64 bits per heavy atom. The van der Waals surface area contributed by atoms with Crippen LogP contribution in [0.3, 0.4) is 0 Å². The van der Waals surface area contributed by atoms with E-state index < -0.39 is 0 Å². The number of hydrogen-bond acceptors (Lipinski definition) is 4. The van der Waals surface area contributed by atoms with Crippen LogP contribution in [0.2, 0.25) is 0 Å². The van der Waals surface area contributed by atoms with Gasteiger partial charge in [-0.15, -0.1) is 0 Å². The lowest BCUT2D eigenvalue weighted by molar-refractivity contribution is 0.417. The fourth-order valence-electron chi connectivity index (χ4n) is 0.816. The Kier molecular flexibility index (Phi) is 5.56. The molecule has 0 aliphatic rings. The molecule has 76 valence electrons. The summed E-state index contributed by atoms with van der Waals surface area (Å²) in [7, 11) is 4.93. The lowest BCUT2D eigenvalue weighted by Gasteiger charge is -2.02. The molecular formula is C10H13NOS2. The molecule has 0 amide bonds. The van der Waals surface area contributed by atoms with E-state index in [1.165, 1.54) is 0 Å². The molecule has 0 bridgehead atoms. The van der Waals surface area contributed by atoms with Gasteiger partial charge >= 0.3 is 0 Å². The summed E-state index contributed by atoms with van der Waals surface area (Å²) in [6.45, 7) is 2.10. The Hall–Kier alpha value is -0.610. The zero-order valence-electron chi connectivity index (χ0n) is 8.27. The van der Waals surface area contributed by atoms with E-state index in [0.717, 1.165) is 11.4 Å². The molecule has 0 saturated carbocycles. The van der Waals surface area contributed by atoms with Crippen molar-refractivity contribution in [2.75, 3.05) is 12.9 Å². The number of benzene rings is 1. The monoisotopic (exact) mass is 227 g/mol. The highest BCUT2D eigenvalue weighted by Gasteiger charge is 1.99. The zero-order valence-corrected chi connectivity index (χ0v) is 9.90. The van der Waals surface area contributed by atoms with Crippen molar-refractivity contribution < 1.29 is 4.74 Å². The number of aliphatic imine (C=N–C) groups is 1. The Morgan fingerprint density at radius 2 is 2.07 bits per heavy atom. The summed E-state index contributed by atoms with van der Waals surface area (Å²) in [4.78, 5) is 4.35. The molecule has 0 saturated heterocycles. The minimum atomic E-state index is 0.697. The van der Waals surface area contributed by atoms with Crippen molar-refractivity contribution in [3.63, 3.8) is 0 Å². The van der Waals surface area contributed by atoms with Crippen molar-refractivity contribution in [3.8, 4) is 0 Å². The van der Waals surface area contributed by atoms with Gasteiger partial charge in [0.25, 0.3) is 5.23 Å². The summed E-state index contributed by atoms with van der Waals surface area (Å²) in [5, 5.41) is 0.697. The Bertz CT molecular complexity index is 287. The fourth-order valence-corrected chi connectivity index (χ4v) is 2.22. The molecule has 1 aromatic carbocycles. The van der Waals surface area contributed by atoms with Crippen LogP contribution in [0.4, 0.5) is 5.69 Å². The molecule has 0 radical (unpaired) electrons. The van der Waals surface area contributed by atoms with Gasteiger partial charge in [0.05, 0.1) is 12.8 Å². The number of rotatable bonds is 3. The van der Waals surface area contributed by atoms with Crippen LogP contribution in [-0.2, 0) is 4.74 Å². The van der Waals surface area contributed by atoms with Crippen LogP contribution in [0.1, 0.15) is 6.92 Å². The van der Waals surface area contributed by atoms with Gasteiger partial charge in [0, 0.05) is 16.5 Å². The molecule has 0 aliphatic carbocycles. The standard InChI is InChI=1S/C10H13NOS2/c1-3-13-14-10(12-2)11-9-7-5-4-6-8-9/h4-8H,3H2,1-2H3/b11-10+. The second kappa shape index (κ2) is 6.79. The van der Waals surface area contributed by atoms with E-state index in [-0.39, 0.29) is 0 Å².